The van der Waals surface area contributed by atoms with Crippen molar-refractivity contribution < 1.29 is 14.6 Å². The molecule has 4 heteroatoms. The first kappa shape index (κ1) is 15.5. The lowest BCUT2D eigenvalue weighted by molar-refractivity contribution is -0.123. The van der Waals surface area contributed by atoms with E-state index in [-0.39, 0.29) is 19.1 Å². The van der Waals surface area contributed by atoms with Crippen LogP contribution >= 0.6 is 0 Å². The van der Waals surface area contributed by atoms with Gasteiger partial charge in [-0.05, 0) is 24.0 Å². The van der Waals surface area contributed by atoms with Crippen molar-refractivity contribution in [3.8, 4) is 5.75 Å². The van der Waals surface area contributed by atoms with E-state index in [1.165, 1.54) is 0 Å². The molecule has 106 valence electrons. The van der Waals surface area contributed by atoms with Gasteiger partial charge in [-0.25, -0.2) is 0 Å². The SMILES string of the molecule is CCC(O)CNC(=O)COc1ccccc1C(C)C. The van der Waals surface area contributed by atoms with Gasteiger partial charge >= 0.3 is 0 Å². The van der Waals surface area contributed by atoms with Gasteiger partial charge in [0.2, 0.25) is 0 Å². The maximum absolute atomic E-state index is 11.6. The molecule has 0 aromatic heterocycles. The van der Waals surface area contributed by atoms with E-state index in [2.05, 4.69) is 19.2 Å². The molecule has 1 atom stereocenters. The Morgan fingerprint density at radius 3 is 2.68 bits per heavy atom. The normalized spacial score (nSPS) is 12.3. The fraction of sp³-hybridized carbons (Fsp3) is 0.533. The van der Waals surface area contributed by atoms with Crippen molar-refractivity contribution in [3.63, 3.8) is 0 Å². The van der Waals surface area contributed by atoms with Crippen molar-refractivity contribution in [1.29, 1.82) is 0 Å². The van der Waals surface area contributed by atoms with E-state index in [9.17, 15) is 9.90 Å². The summed E-state index contributed by atoms with van der Waals surface area (Å²) in [4.78, 5) is 11.6. The summed E-state index contributed by atoms with van der Waals surface area (Å²) in [6.07, 6.45) is 0.129. The molecule has 0 spiro atoms. The summed E-state index contributed by atoms with van der Waals surface area (Å²) >= 11 is 0. The smallest absolute Gasteiger partial charge is 0.258 e. The van der Waals surface area contributed by atoms with E-state index in [0.717, 1.165) is 11.3 Å². The van der Waals surface area contributed by atoms with E-state index in [4.69, 9.17) is 4.74 Å². The Morgan fingerprint density at radius 1 is 1.37 bits per heavy atom. The molecule has 0 heterocycles. The molecule has 1 amide bonds. The van der Waals surface area contributed by atoms with Gasteiger partial charge in [-0.2, -0.15) is 0 Å². The first-order chi connectivity index (χ1) is 9.04. The van der Waals surface area contributed by atoms with Crippen LogP contribution in [0.25, 0.3) is 0 Å². The summed E-state index contributed by atoms with van der Waals surface area (Å²) in [5, 5.41) is 12.0. The highest BCUT2D eigenvalue weighted by atomic mass is 16.5. The van der Waals surface area contributed by atoms with E-state index in [1.54, 1.807) is 0 Å². The zero-order valence-corrected chi connectivity index (χ0v) is 11.8. The minimum absolute atomic E-state index is 0.0276. The first-order valence-corrected chi connectivity index (χ1v) is 6.71. The van der Waals surface area contributed by atoms with Gasteiger partial charge in [-0.1, -0.05) is 39.0 Å². The third-order valence-corrected chi connectivity index (χ3v) is 2.91. The maximum Gasteiger partial charge on any atom is 0.258 e. The molecule has 0 aliphatic heterocycles. The van der Waals surface area contributed by atoms with Gasteiger partial charge in [0.05, 0.1) is 6.10 Å². The summed E-state index contributed by atoms with van der Waals surface area (Å²) in [7, 11) is 0. The Bertz CT molecular complexity index is 404. The molecule has 1 rings (SSSR count). The van der Waals surface area contributed by atoms with Crippen molar-refractivity contribution in [2.24, 2.45) is 0 Å². The molecule has 4 nitrogen and oxygen atoms in total. The molecular weight excluding hydrogens is 242 g/mol. The Morgan fingerprint density at radius 2 is 2.05 bits per heavy atom. The predicted octanol–water partition coefficient (Wildman–Crippen LogP) is 2.08. The van der Waals surface area contributed by atoms with Crippen molar-refractivity contribution in [1.82, 2.24) is 5.32 Å². The first-order valence-electron chi connectivity index (χ1n) is 6.71. The van der Waals surface area contributed by atoms with E-state index < -0.39 is 6.10 Å². The van der Waals surface area contributed by atoms with E-state index in [0.29, 0.717) is 12.3 Å². The quantitative estimate of drug-likeness (QED) is 0.793. The molecule has 0 aliphatic rings. The number of carbonyl (C=O) groups is 1. The second-order valence-corrected chi connectivity index (χ2v) is 4.85. The molecule has 0 saturated carbocycles. The molecule has 0 saturated heterocycles. The molecular formula is C15H23NO3. The summed E-state index contributed by atoms with van der Waals surface area (Å²) in [5.74, 6) is 0.871. The number of ether oxygens (including phenoxy) is 1. The lowest BCUT2D eigenvalue weighted by Gasteiger charge is -2.14. The van der Waals surface area contributed by atoms with Crippen LogP contribution in [0.3, 0.4) is 0 Å². The number of hydrogen-bond acceptors (Lipinski definition) is 3. The van der Waals surface area contributed by atoms with Crippen molar-refractivity contribution in [2.45, 2.75) is 39.2 Å². The third-order valence-electron chi connectivity index (χ3n) is 2.91. The predicted molar refractivity (Wildman–Crippen MR) is 75.3 cm³/mol. The molecule has 0 fully saturated rings. The van der Waals surface area contributed by atoms with Gasteiger partial charge in [0.25, 0.3) is 5.91 Å². The Labute approximate surface area is 114 Å². The molecule has 0 bridgehead atoms. The van der Waals surface area contributed by atoms with Crippen LogP contribution in [-0.4, -0.2) is 30.3 Å². The summed E-state index contributed by atoms with van der Waals surface area (Å²) in [5.41, 5.74) is 1.09. The number of nitrogens with one attached hydrogen (secondary N) is 1. The zero-order valence-electron chi connectivity index (χ0n) is 11.8. The lowest BCUT2D eigenvalue weighted by Crippen LogP contribution is -2.35. The summed E-state index contributed by atoms with van der Waals surface area (Å²) in [6, 6.07) is 7.71. The molecule has 0 aliphatic carbocycles. The van der Waals surface area contributed by atoms with Gasteiger partial charge in [0.15, 0.2) is 6.61 Å². The van der Waals surface area contributed by atoms with Gasteiger partial charge in [0, 0.05) is 6.54 Å². The van der Waals surface area contributed by atoms with Crippen LogP contribution in [0.2, 0.25) is 0 Å². The monoisotopic (exact) mass is 265 g/mol. The second-order valence-electron chi connectivity index (χ2n) is 4.85. The molecule has 1 aromatic carbocycles. The van der Waals surface area contributed by atoms with Crippen LogP contribution in [0.4, 0.5) is 0 Å². The molecule has 2 N–H and O–H groups in total. The number of amides is 1. The molecule has 1 aromatic rings. The number of rotatable bonds is 7. The minimum Gasteiger partial charge on any atom is -0.483 e. The van der Waals surface area contributed by atoms with Crippen LogP contribution in [0.15, 0.2) is 24.3 Å². The highest BCUT2D eigenvalue weighted by Gasteiger charge is 2.09. The van der Waals surface area contributed by atoms with Crippen molar-refractivity contribution in [2.75, 3.05) is 13.2 Å². The standard InChI is InChI=1S/C15H23NO3/c1-4-12(17)9-16-15(18)10-19-14-8-6-5-7-13(14)11(2)3/h5-8,11-12,17H,4,9-10H2,1-3H3,(H,16,18). The van der Waals surface area contributed by atoms with Crippen LogP contribution in [-0.2, 0) is 4.79 Å². The molecule has 0 radical (unpaired) electrons. The van der Waals surface area contributed by atoms with Crippen LogP contribution in [0.1, 0.15) is 38.7 Å². The number of hydrogen-bond donors (Lipinski definition) is 2. The second kappa shape index (κ2) is 7.79. The molecule has 19 heavy (non-hydrogen) atoms. The van der Waals surface area contributed by atoms with Crippen LogP contribution in [0, 0.1) is 0 Å². The van der Waals surface area contributed by atoms with Gasteiger partial charge < -0.3 is 15.2 Å². The largest absolute Gasteiger partial charge is 0.483 e. The number of benzene rings is 1. The fourth-order valence-electron chi connectivity index (χ4n) is 1.66. The average Bonchev–Trinajstić information content (AvgIpc) is 2.42. The Hall–Kier alpha value is -1.55. The Kier molecular flexibility index (Phi) is 6.36. The van der Waals surface area contributed by atoms with Gasteiger partial charge in [0.1, 0.15) is 5.75 Å². The summed E-state index contributed by atoms with van der Waals surface area (Å²) in [6.45, 7) is 6.27. The lowest BCUT2D eigenvalue weighted by atomic mass is 10.0. The summed E-state index contributed by atoms with van der Waals surface area (Å²) < 4.78 is 5.53. The highest BCUT2D eigenvalue weighted by molar-refractivity contribution is 5.77. The molecule has 1 unspecified atom stereocenters. The van der Waals surface area contributed by atoms with Crippen LogP contribution in [0.5, 0.6) is 5.75 Å². The van der Waals surface area contributed by atoms with Gasteiger partial charge in [-0.3, -0.25) is 4.79 Å². The number of para-hydroxylation sites is 1. The number of aliphatic hydroxyl groups is 1. The Balaban J connectivity index is 2.46. The number of carbonyl (C=O) groups excluding carboxylic acids is 1. The fourth-order valence-corrected chi connectivity index (χ4v) is 1.66. The highest BCUT2D eigenvalue weighted by Crippen LogP contribution is 2.25. The van der Waals surface area contributed by atoms with Crippen LogP contribution < -0.4 is 10.1 Å². The average molecular weight is 265 g/mol. The minimum atomic E-state index is -0.494. The maximum atomic E-state index is 11.6. The third kappa shape index (κ3) is 5.30. The van der Waals surface area contributed by atoms with Crippen molar-refractivity contribution >= 4 is 5.91 Å². The topological polar surface area (TPSA) is 58.6 Å². The van der Waals surface area contributed by atoms with E-state index >= 15 is 0 Å². The zero-order chi connectivity index (χ0) is 14.3. The number of aliphatic hydroxyl groups excluding tert-OH is 1. The van der Waals surface area contributed by atoms with Crippen molar-refractivity contribution in [3.05, 3.63) is 29.8 Å². The van der Waals surface area contributed by atoms with Gasteiger partial charge in [-0.15, -0.1) is 0 Å². The van der Waals surface area contributed by atoms with E-state index in [1.807, 2.05) is 31.2 Å².